The first kappa shape index (κ1) is 27.2. The summed E-state index contributed by atoms with van der Waals surface area (Å²) < 4.78 is 53.3. The number of carboxylic acid groups (broad SMARTS) is 1. The van der Waals surface area contributed by atoms with Gasteiger partial charge in [-0.2, -0.15) is 13.2 Å². The number of piperidine rings is 1. The Morgan fingerprint density at radius 1 is 1.05 bits per heavy atom. The van der Waals surface area contributed by atoms with E-state index in [-0.39, 0.29) is 29.0 Å². The third kappa shape index (κ3) is 4.80. The lowest BCUT2D eigenvalue weighted by atomic mass is 9.96. The van der Waals surface area contributed by atoms with Gasteiger partial charge < -0.3 is 19.3 Å². The van der Waals surface area contributed by atoms with Crippen molar-refractivity contribution in [1.82, 2.24) is 10.1 Å². The van der Waals surface area contributed by atoms with Crippen molar-refractivity contribution in [3.05, 3.63) is 77.2 Å². The number of nitrogens with zero attached hydrogens (tertiary/aromatic N) is 3. The van der Waals surface area contributed by atoms with Crippen LogP contribution < -0.4 is 9.64 Å². The summed E-state index contributed by atoms with van der Waals surface area (Å²) in [6.07, 6.45) is 4.61. The van der Waals surface area contributed by atoms with E-state index in [1.165, 1.54) is 18.2 Å². The van der Waals surface area contributed by atoms with E-state index >= 15 is 0 Å². The molecule has 0 amide bonds. The van der Waals surface area contributed by atoms with Crippen molar-refractivity contribution in [2.24, 2.45) is 17.8 Å². The van der Waals surface area contributed by atoms with Gasteiger partial charge in [-0.3, -0.25) is 0 Å². The van der Waals surface area contributed by atoms with Crippen molar-refractivity contribution in [3.63, 3.8) is 0 Å². The number of carbonyl (C=O) groups is 1. The highest BCUT2D eigenvalue weighted by atomic mass is 19.4. The van der Waals surface area contributed by atoms with Crippen LogP contribution in [0, 0.1) is 17.8 Å². The Balaban J connectivity index is 1.02. The number of allylic oxidation sites excluding steroid dienone is 1. The number of hydrogen-bond acceptors (Lipinski definition) is 6. The van der Waals surface area contributed by atoms with Crippen LogP contribution in [0.2, 0.25) is 0 Å². The summed E-state index contributed by atoms with van der Waals surface area (Å²) in [4.78, 5) is 18.3. The molecule has 4 aromatic rings. The third-order valence-electron chi connectivity index (χ3n) is 9.62. The Labute approximate surface area is 251 Å². The highest BCUT2D eigenvalue weighted by Crippen LogP contribution is 2.54. The molecule has 2 aromatic carbocycles. The molecule has 0 bridgehead atoms. The Morgan fingerprint density at radius 2 is 1.82 bits per heavy atom. The van der Waals surface area contributed by atoms with Gasteiger partial charge in [-0.15, -0.1) is 0 Å². The van der Waals surface area contributed by atoms with E-state index in [0.717, 1.165) is 62.3 Å². The number of aromatic carboxylic acids is 1. The number of carboxylic acids is 1. The Bertz CT molecular complexity index is 1800. The molecule has 3 saturated carbocycles. The first-order chi connectivity index (χ1) is 21.2. The summed E-state index contributed by atoms with van der Waals surface area (Å²) in [6.45, 7) is 1.71. The summed E-state index contributed by atoms with van der Waals surface area (Å²) in [5.74, 6) is 1.57. The second kappa shape index (κ2) is 10.1. The van der Waals surface area contributed by atoms with E-state index in [9.17, 15) is 23.1 Å². The number of anilines is 1. The Morgan fingerprint density at radius 3 is 2.50 bits per heavy atom. The van der Waals surface area contributed by atoms with Crippen LogP contribution in [0.1, 0.15) is 65.4 Å². The largest absolute Gasteiger partial charge is 0.490 e. The molecule has 3 heterocycles. The maximum absolute atomic E-state index is 13.8. The summed E-state index contributed by atoms with van der Waals surface area (Å²) in [5.41, 5.74) is 1.84. The number of ether oxygens (including phenoxy) is 1. The lowest BCUT2D eigenvalue weighted by Gasteiger charge is -2.27. The lowest BCUT2D eigenvalue weighted by molar-refractivity contribution is -0.137. The molecule has 226 valence electrons. The van der Waals surface area contributed by atoms with E-state index in [1.807, 2.05) is 24.3 Å². The fourth-order valence-corrected chi connectivity index (χ4v) is 6.77. The average molecular weight is 602 g/mol. The zero-order valence-electron chi connectivity index (χ0n) is 23.8. The van der Waals surface area contributed by atoms with Crippen LogP contribution in [0.15, 0.2) is 59.1 Å². The zero-order chi connectivity index (χ0) is 30.2. The fraction of sp³-hybridized carbons (Fsp3) is 0.382. The Kier molecular flexibility index (Phi) is 6.25. The van der Waals surface area contributed by atoms with Gasteiger partial charge in [0, 0.05) is 47.3 Å². The monoisotopic (exact) mass is 601 g/mol. The van der Waals surface area contributed by atoms with E-state index < -0.39 is 17.7 Å². The summed E-state index contributed by atoms with van der Waals surface area (Å²) in [6, 6.07) is 12.9. The molecule has 0 radical (unpaired) electrons. The van der Waals surface area contributed by atoms with Gasteiger partial charge in [0.1, 0.15) is 17.2 Å². The van der Waals surface area contributed by atoms with Crippen molar-refractivity contribution in [3.8, 4) is 17.0 Å². The SMILES string of the molecule is O=C(O)c1cc(OC2CCC2)c2cc(N3CC4C(/C=C/c5c(-c6ccccc6C(F)(F)F)noc5C5CC5)C4C3)ccc2n1. The van der Waals surface area contributed by atoms with E-state index in [2.05, 4.69) is 21.1 Å². The number of alkyl halides is 3. The number of rotatable bonds is 8. The number of aromatic nitrogens is 2. The maximum Gasteiger partial charge on any atom is 0.417 e. The summed E-state index contributed by atoms with van der Waals surface area (Å²) in [7, 11) is 0. The summed E-state index contributed by atoms with van der Waals surface area (Å²) >= 11 is 0. The molecule has 1 saturated heterocycles. The van der Waals surface area contributed by atoms with Crippen molar-refractivity contribution >= 4 is 28.6 Å². The highest BCUT2D eigenvalue weighted by molar-refractivity contribution is 5.94. The molecule has 2 unspecified atom stereocenters. The first-order valence-electron chi connectivity index (χ1n) is 15.2. The average Bonchev–Trinajstić information content (AvgIpc) is 3.84. The predicted molar refractivity (Wildman–Crippen MR) is 158 cm³/mol. The maximum atomic E-state index is 13.8. The van der Waals surface area contributed by atoms with Crippen LogP contribution in [-0.4, -0.2) is 40.4 Å². The smallest absolute Gasteiger partial charge is 0.417 e. The summed E-state index contributed by atoms with van der Waals surface area (Å²) in [5, 5.41) is 14.5. The first-order valence-corrected chi connectivity index (χ1v) is 15.2. The lowest BCUT2D eigenvalue weighted by Crippen LogP contribution is -2.25. The van der Waals surface area contributed by atoms with Gasteiger partial charge in [-0.1, -0.05) is 35.5 Å². The van der Waals surface area contributed by atoms with Gasteiger partial charge in [0.05, 0.1) is 17.2 Å². The molecule has 1 N–H and O–H groups in total. The molecule has 2 atom stereocenters. The molecule has 4 aliphatic rings. The van der Waals surface area contributed by atoms with Gasteiger partial charge >= 0.3 is 12.1 Å². The fourth-order valence-electron chi connectivity index (χ4n) is 6.77. The molecule has 44 heavy (non-hydrogen) atoms. The number of benzene rings is 2. The van der Waals surface area contributed by atoms with Gasteiger partial charge in [0.15, 0.2) is 5.69 Å². The number of hydrogen-bond donors (Lipinski definition) is 1. The van der Waals surface area contributed by atoms with Crippen molar-refractivity contribution in [2.45, 2.75) is 50.3 Å². The third-order valence-corrected chi connectivity index (χ3v) is 9.62. The minimum Gasteiger partial charge on any atom is -0.490 e. The second-order valence-corrected chi connectivity index (χ2v) is 12.5. The van der Waals surface area contributed by atoms with E-state index in [4.69, 9.17) is 9.26 Å². The molecular weight excluding hydrogens is 571 g/mol. The molecule has 10 heteroatoms. The second-order valence-electron chi connectivity index (χ2n) is 12.5. The topological polar surface area (TPSA) is 88.7 Å². The number of pyridine rings is 1. The molecule has 2 aromatic heterocycles. The van der Waals surface area contributed by atoms with Crippen molar-refractivity contribution < 1.29 is 32.3 Å². The predicted octanol–water partition coefficient (Wildman–Crippen LogP) is 7.81. The minimum atomic E-state index is -4.49. The molecule has 1 aliphatic heterocycles. The van der Waals surface area contributed by atoms with Gasteiger partial charge in [0.25, 0.3) is 0 Å². The number of halogens is 3. The van der Waals surface area contributed by atoms with Crippen molar-refractivity contribution in [1.29, 1.82) is 0 Å². The van der Waals surface area contributed by atoms with E-state index in [1.54, 1.807) is 6.07 Å². The van der Waals surface area contributed by atoms with E-state index in [0.29, 0.717) is 40.3 Å². The molecular formula is C34H30F3N3O4. The highest BCUT2D eigenvalue weighted by Gasteiger charge is 2.54. The van der Waals surface area contributed by atoms with Gasteiger partial charge in [-0.25, -0.2) is 9.78 Å². The quantitative estimate of drug-likeness (QED) is 0.220. The van der Waals surface area contributed by atoms with Gasteiger partial charge in [0.2, 0.25) is 0 Å². The standard InChI is InChI=1S/C34H30F3N3O4/c35-34(36,37)27-7-2-1-6-22(27)31-23(32(44-39-31)18-8-9-18)12-11-21-25-16-40(17-26(21)25)19-10-13-28-24(14-19)30(43-20-4-3-5-20)15-29(38-28)33(41)42/h1-2,6-7,10-15,18,20-21,25-26H,3-5,8-9,16-17H2,(H,41,42)/b12-11+. The normalized spacial score (nSPS) is 23.2. The van der Waals surface area contributed by atoms with Gasteiger partial charge in [-0.05, 0) is 74.1 Å². The minimum absolute atomic E-state index is 0.0284. The molecule has 4 fully saturated rings. The zero-order valence-corrected chi connectivity index (χ0v) is 23.8. The molecule has 7 nitrogen and oxygen atoms in total. The van der Waals surface area contributed by atoms with Crippen LogP contribution in [0.5, 0.6) is 5.75 Å². The molecule has 3 aliphatic carbocycles. The van der Waals surface area contributed by atoms with Crippen LogP contribution in [0.3, 0.4) is 0 Å². The van der Waals surface area contributed by atoms with Crippen LogP contribution in [0.25, 0.3) is 28.2 Å². The number of fused-ring (bicyclic) bond motifs is 2. The van der Waals surface area contributed by atoms with Crippen LogP contribution in [-0.2, 0) is 6.18 Å². The molecule has 8 rings (SSSR count). The van der Waals surface area contributed by atoms with Crippen LogP contribution in [0.4, 0.5) is 18.9 Å². The van der Waals surface area contributed by atoms with Crippen LogP contribution >= 0.6 is 0 Å². The van der Waals surface area contributed by atoms with Crippen molar-refractivity contribution in [2.75, 3.05) is 18.0 Å². The molecule has 0 spiro atoms. The Hall–Kier alpha value is -4.34.